The maximum atomic E-state index is 12.6. The molecule has 0 aromatic carbocycles. The van der Waals surface area contributed by atoms with Crippen molar-refractivity contribution < 1.29 is 42.1 Å². The van der Waals surface area contributed by atoms with Gasteiger partial charge in [-0.15, -0.1) is 0 Å². The van der Waals surface area contributed by atoms with Crippen LogP contribution >= 0.6 is 7.82 Å². The highest BCUT2D eigenvalue weighted by atomic mass is 31.2. The molecule has 10 heteroatoms. The second-order valence-corrected chi connectivity index (χ2v) is 16.8. The largest absolute Gasteiger partial charge is 0.756 e. The van der Waals surface area contributed by atoms with Gasteiger partial charge in [0.15, 0.2) is 6.10 Å². The SMILES string of the molecule is CCCCCC/C=C\CCCCCCCC(=O)O[C@H](COC(=O)CCCCCCC/C=C\CCCCCCCC)COP(=O)([O-])OCC[N+](C)(C)C. The van der Waals surface area contributed by atoms with E-state index in [0.29, 0.717) is 17.4 Å². The molecule has 0 aromatic heterocycles. The lowest BCUT2D eigenvalue weighted by Crippen LogP contribution is -2.37. The summed E-state index contributed by atoms with van der Waals surface area (Å²) < 4.78 is 33.8. The number of esters is 2. The summed E-state index contributed by atoms with van der Waals surface area (Å²) in [7, 11) is 1.16. The Morgan fingerprint density at radius 2 is 0.981 bits per heavy atom. The monoisotopic (exact) mass is 758 g/mol. The van der Waals surface area contributed by atoms with Crippen LogP contribution in [0.3, 0.4) is 0 Å². The van der Waals surface area contributed by atoms with E-state index in [2.05, 4.69) is 38.2 Å². The van der Waals surface area contributed by atoms with Crippen LogP contribution in [-0.4, -0.2) is 70.0 Å². The third kappa shape index (κ3) is 38.2. The van der Waals surface area contributed by atoms with Crippen LogP contribution in [0.2, 0.25) is 0 Å². The van der Waals surface area contributed by atoms with Gasteiger partial charge in [0.25, 0.3) is 7.82 Å². The highest BCUT2D eigenvalue weighted by molar-refractivity contribution is 7.45. The lowest BCUT2D eigenvalue weighted by atomic mass is 10.1. The highest BCUT2D eigenvalue weighted by Gasteiger charge is 2.21. The Balaban J connectivity index is 4.40. The number of hydrogen-bond acceptors (Lipinski definition) is 8. The number of carbonyl (C=O) groups is 2. The van der Waals surface area contributed by atoms with Crippen molar-refractivity contribution in [2.45, 2.75) is 187 Å². The Morgan fingerprint density at radius 1 is 0.577 bits per heavy atom. The maximum absolute atomic E-state index is 12.6. The van der Waals surface area contributed by atoms with Crippen molar-refractivity contribution >= 4 is 19.8 Å². The summed E-state index contributed by atoms with van der Waals surface area (Å²) in [5.41, 5.74) is 0. The third-order valence-corrected chi connectivity index (χ3v) is 9.91. The van der Waals surface area contributed by atoms with E-state index in [1.807, 2.05) is 21.1 Å². The van der Waals surface area contributed by atoms with E-state index in [0.717, 1.165) is 70.6 Å². The van der Waals surface area contributed by atoms with Gasteiger partial charge in [-0.05, 0) is 64.2 Å². The summed E-state index contributed by atoms with van der Waals surface area (Å²) in [6.45, 7) is 4.18. The summed E-state index contributed by atoms with van der Waals surface area (Å²) in [5.74, 6) is -0.853. The van der Waals surface area contributed by atoms with Gasteiger partial charge in [0.05, 0.1) is 27.7 Å². The normalized spacial score (nSPS) is 13.9. The van der Waals surface area contributed by atoms with Crippen molar-refractivity contribution in [1.82, 2.24) is 0 Å². The molecule has 0 aliphatic carbocycles. The van der Waals surface area contributed by atoms with Crippen LogP contribution in [-0.2, 0) is 32.7 Å². The molecule has 0 fully saturated rings. The Kier molecular flexibility index (Phi) is 34.2. The quantitative estimate of drug-likeness (QED) is 0.0201. The Hall–Kier alpha value is -1.51. The molecule has 0 heterocycles. The molecule has 0 N–H and O–H groups in total. The first-order chi connectivity index (χ1) is 25.0. The molecule has 1 unspecified atom stereocenters. The highest BCUT2D eigenvalue weighted by Crippen LogP contribution is 2.38. The molecular weight excluding hydrogens is 677 g/mol. The average molecular weight is 758 g/mol. The smallest absolute Gasteiger partial charge is 0.306 e. The number of phosphoric ester groups is 1. The lowest BCUT2D eigenvalue weighted by Gasteiger charge is -2.28. The number of likely N-dealkylation sites (N-methyl/N-ethyl adjacent to an activating group) is 1. The number of ether oxygens (including phenoxy) is 2. The van der Waals surface area contributed by atoms with Gasteiger partial charge in [0.1, 0.15) is 19.8 Å². The second-order valence-electron chi connectivity index (χ2n) is 15.3. The minimum atomic E-state index is -4.62. The van der Waals surface area contributed by atoms with Gasteiger partial charge in [-0.1, -0.05) is 128 Å². The van der Waals surface area contributed by atoms with Gasteiger partial charge in [0.2, 0.25) is 0 Å². The van der Waals surface area contributed by atoms with Gasteiger partial charge in [-0.2, -0.15) is 0 Å². The van der Waals surface area contributed by atoms with Crippen molar-refractivity contribution in [2.24, 2.45) is 0 Å². The van der Waals surface area contributed by atoms with Crippen LogP contribution in [0.4, 0.5) is 0 Å². The Morgan fingerprint density at radius 3 is 1.44 bits per heavy atom. The predicted octanol–water partition coefficient (Wildman–Crippen LogP) is 10.9. The van der Waals surface area contributed by atoms with Crippen LogP contribution in [0.25, 0.3) is 0 Å². The molecule has 0 saturated carbocycles. The van der Waals surface area contributed by atoms with Crippen LogP contribution in [0.1, 0.15) is 181 Å². The number of unbranched alkanes of at least 4 members (excludes halogenated alkanes) is 20. The maximum Gasteiger partial charge on any atom is 0.306 e. The summed E-state index contributed by atoms with van der Waals surface area (Å²) in [5, 5.41) is 0. The molecule has 2 atom stereocenters. The first-order valence-electron chi connectivity index (χ1n) is 21.0. The molecule has 306 valence electrons. The van der Waals surface area contributed by atoms with Crippen molar-refractivity contribution in [3.05, 3.63) is 24.3 Å². The summed E-state index contributed by atoms with van der Waals surface area (Å²) >= 11 is 0. The molecule has 0 aliphatic heterocycles. The van der Waals surface area contributed by atoms with Crippen LogP contribution < -0.4 is 4.89 Å². The number of rotatable bonds is 38. The zero-order valence-corrected chi connectivity index (χ0v) is 35.2. The van der Waals surface area contributed by atoms with Crippen LogP contribution in [0.15, 0.2) is 24.3 Å². The molecule has 9 nitrogen and oxygen atoms in total. The Bertz CT molecular complexity index is 949. The molecule has 0 aromatic rings. The molecule has 52 heavy (non-hydrogen) atoms. The zero-order chi connectivity index (χ0) is 38.6. The minimum absolute atomic E-state index is 0.0327. The van der Waals surface area contributed by atoms with Crippen LogP contribution in [0.5, 0.6) is 0 Å². The van der Waals surface area contributed by atoms with Crippen LogP contribution in [0, 0.1) is 0 Å². The Labute approximate surface area is 319 Å². The third-order valence-electron chi connectivity index (χ3n) is 8.94. The van der Waals surface area contributed by atoms with E-state index >= 15 is 0 Å². The zero-order valence-electron chi connectivity index (χ0n) is 34.3. The fraction of sp³-hybridized carbons (Fsp3) is 0.857. The first-order valence-corrected chi connectivity index (χ1v) is 22.5. The number of phosphoric acid groups is 1. The van der Waals surface area contributed by atoms with Gasteiger partial charge in [0, 0.05) is 12.8 Å². The summed E-state index contributed by atoms with van der Waals surface area (Å²) in [6.07, 6.45) is 36.3. The summed E-state index contributed by atoms with van der Waals surface area (Å²) in [4.78, 5) is 37.4. The molecular formula is C42H80NO8P. The minimum Gasteiger partial charge on any atom is -0.756 e. The molecule has 0 radical (unpaired) electrons. The van der Waals surface area contributed by atoms with E-state index < -0.39 is 32.5 Å². The number of carbonyl (C=O) groups excluding carboxylic acids is 2. The predicted molar refractivity (Wildman–Crippen MR) is 213 cm³/mol. The molecule has 0 saturated heterocycles. The first kappa shape index (κ1) is 50.5. The van der Waals surface area contributed by atoms with Crippen molar-refractivity contribution in [1.29, 1.82) is 0 Å². The lowest BCUT2D eigenvalue weighted by molar-refractivity contribution is -0.870. The second kappa shape index (κ2) is 35.2. The van der Waals surface area contributed by atoms with E-state index in [9.17, 15) is 19.0 Å². The van der Waals surface area contributed by atoms with Gasteiger partial charge < -0.3 is 27.9 Å². The number of allylic oxidation sites excluding steroid dienone is 4. The molecule has 0 bridgehead atoms. The van der Waals surface area contributed by atoms with E-state index in [-0.39, 0.29) is 26.1 Å². The van der Waals surface area contributed by atoms with Gasteiger partial charge in [-0.3, -0.25) is 14.2 Å². The number of quaternary nitrogens is 1. The number of hydrogen-bond donors (Lipinski definition) is 0. The average Bonchev–Trinajstić information content (AvgIpc) is 3.09. The summed E-state index contributed by atoms with van der Waals surface area (Å²) in [6, 6.07) is 0. The molecule has 0 amide bonds. The van der Waals surface area contributed by atoms with Gasteiger partial charge >= 0.3 is 11.9 Å². The standard InChI is InChI=1S/C42H80NO8P/c1-6-8-10-12-14-16-18-20-21-23-24-26-28-30-32-34-41(44)48-38-40(39-50-52(46,47)49-37-36-43(3,4)5)51-42(45)35-33-31-29-27-25-22-19-17-15-13-11-9-7-2/h17,19-21,40H,6-16,18,22-39H2,1-5H3/b19-17-,21-20-/t40-/m1/s1. The fourth-order valence-electron chi connectivity index (χ4n) is 5.58. The topological polar surface area (TPSA) is 111 Å². The van der Waals surface area contributed by atoms with Gasteiger partial charge in [-0.25, -0.2) is 0 Å². The molecule has 0 spiro atoms. The molecule has 0 aliphatic rings. The molecule has 0 rings (SSSR count). The van der Waals surface area contributed by atoms with Crippen molar-refractivity contribution in [2.75, 3.05) is 47.5 Å². The van der Waals surface area contributed by atoms with E-state index in [1.165, 1.54) is 77.0 Å². The van der Waals surface area contributed by atoms with E-state index in [1.54, 1.807) is 0 Å². The van der Waals surface area contributed by atoms with E-state index in [4.69, 9.17) is 18.5 Å². The fourth-order valence-corrected chi connectivity index (χ4v) is 6.31. The van der Waals surface area contributed by atoms with Crippen molar-refractivity contribution in [3.8, 4) is 0 Å². The van der Waals surface area contributed by atoms with Crippen molar-refractivity contribution in [3.63, 3.8) is 0 Å². The number of nitrogens with zero attached hydrogens (tertiary/aromatic N) is 1.